The van der Waals surface area contributed by atoms with Crippen LogP contribution in [0.25, 0.3) is 0 Å². The molecule has 2 aromatic heterocycles. The predicted molar refractivity (Wildman–Crippen MR) is 70.2 cm³/mol. The van der Waals surface area contributed by atoms with Crippen LogP contribution in [0.2, 0.25) is 0 Å². The van der Waals surface area contributed by atoms with Crippen LogP contribution in [0.3, 0.4) is 0 Å². The average molecular weight is 317 g/mol. The molecule has 0 atom stereocenters. The van der Waals surface area contributed by atoms with Crippen molar-refractivity contribution in [3.05, 3.63) is 34.4 Å². The molecule has 0 aliphatic heterocycles. The first-order valence-electron chi connectivity index (χ1n) is 5.82. The van der Waals surface area contributed by atoms with E-state index in [1.807, 2.05) is 0 Å². The van der Waals surface area contributed by atoms with Gasteiger partial charge in [-0.25, -0.2) is 15.0 Å². The maximum atomic E-state index is 12.8. The van der Waals surface area contributed by atoms with Gasteiger partial charge in [0.05, 0.1) is 0 Å². The molecule has 112 valence electrons. The van der Waals surface area contributed by atoms with E-state index in [-0.39, 0.29) is 16.1 Å². The lowest BCUT2D eigenvalue weighted by Crippen LogP contribution is -2.12. The third-order valence-corrected chi connectivity index (χ3v) is 3.00. The third kappa shape index (κ3) is 4.18. The van der Waals surface area contributed by atoms with E-state index in [0.717, 1.165) is 17.8 Å². The Bertz CT molecular complexity index is 688. The number of aromatic nitrogens is 4. The smallest absolute Gasteiger partial charge is 0.354 e. The van der Waals surface area contributed by atoms with Gasteiger partial charge in [-0.3, -0.25) is 4.79 Å². The molecule has 0 amide bonds. The molecule has 0 aromatic carbocycles. The standard InChI is InChI=1S/C11H10F3N5OS/c1-2-15-9-17-6(11(12,13)14)5-8(19-9)21-10-16-4-3-7(20)18-10/h3-5H,2H2,1H3,(H,15,17,19)(H,16,18,20). The van der Waals surface area contributed by atoms with E-state index in [0.29, 0.717) is 6.54 Å². The van der Waals surface area contributed by atoms with Crippen molar-refractivity contribution in [3.63, 3.8) is 0 Å². The molecule has 0 radical (unpaired) electrons. The maximum absolute atomic E-state index is 12.8. The largest absolute Gasteiger partial charge is 0.433 e. The molecular formula is C11H10F3N5OS. The SMILES string of the molecule is CCNc1nc(Sc2nccc(=O)[nH]2)cc(C(F)(F)F)n1. The average Bonchev–Trinajstić information content (AvgIpc) is 2.37. The molecule has 0 unspecified atom stereocenters. The van der Waals surface area contributed by atoms with Gasteiger partial charge in [0.1, 0.15) is 5.03 Å². The lowest BCUT2D eigenvalue weighted by atomic mass is 10.4. The number of rotatable bonds is 4. The lowest BCUT2D eigenvalue weighted by Gasteiger charge is -2.10. The van der Waals surface area contributed by atoms with E-state index >= 15 is 0 Å². The van der Waals surface area contributed by atoms with Gasteiger partial charge in [0, 0.05) is 24.9 Å². The van der Waals surface area contributed by atoms with Crippen molar-refractivity contribution in [1.29, 1.82) is 0 Å². The normalized spacial score (nSPS) is 11.4. The number of hydrogen-bond acceptors (Lipinski definition) is 6. The number of aromatic amines is 1. The van der Waals surface area contributed by atoms with Crippen molar-refractivity contribution in [2.45, 2.75) is 23.3 Å². The number of hydrogen-bond donors (Lipinski definition) is 2. The Balaban J connectivity index is 2.38. The number of nitrogens with one attached hydrogen (secondary N) is 2. The first-order valence-corrected chi connectivity index (χ1v) is 6.63. The van der Waals surface area contributed by atoms with Crippen molar-refractivity contribution in [1.82, 2.24) is 19.9 Å². The number of halogens is 3. The molecule has 0 aliphatic rings. The fraction of sp³-hybridized carbons (Fsp3) is 0.273. The summed E-state index contributed by atoms with van der Waals surface area (Å²) in [5, 5.41) is 2.81. The highest BCUT2D eigenvalue weighted by Gasteiger charge is 2.33. The van der Waals surface area contributed by atoms with Crippen molar-refractivity contribution >= 4 is 17.7 Å². The summed E-state index contributed by atoms with van der Waals surface area (Å²) < 4.78 is 38.4. The van der Waals surface area contributed by atoms with Gasteiger partial charge in [0.2, 0.25) is 5.95 Å². The van der Waals surface area contributed by atoms with E-state index in [1.54, 1.807) is 6.92 Å². The molecule has 0 saturated heterocycles. The number of nitrogens with zero attached hydrogens (tertiary/aromatic N) is 3. The molecule has 0 saturated carbocycles. The van der Waals surface area contributed by atoms with Gasteiger partial charge in [-0.1, -0.05) is 0 Å². The summed E-state index contributed by atoms with van der Waals surface area (Å²) in [5.74, 6) is -0.131. The Morgan fingerprint density at radius 3 is 2.76 bits per heavy atom. The van der Waals surface area contributed by atoms with Crippen LogP contribution in [-0.4, -0.2) is 26.5 Å². The first-order chi connectivity index (χ1) is 9.88. The molecule has 2 N–H and O–H groups in total. The zero-order valence-corrected chi connectivity index (χ0v) is 11.5. The molecule has 0 aliphatic carbocycles. The Hall–Kier alpha value is -2.10. The molecule has 10 heteroatoms. The summed E-state index contributed by atoms with van der Waals surface area (Å²) in [6, 6.07) is 2.01. The summed E-state index contributed by atoms with van der Waals surface area (Å²) >= 11 is 0.814. The second-order valence-corrected chi connectivity index (χ2v) is 4.79. The second-order valence-electron chi connectivity index (χ2n) is 3.78. The Morgan fingerprint density at radius 1 is 1.38 bits per heavy atom. The van der Waals surface area contributed by atoms with E-state index in [1.165, 1.54) is 12.3 Å². The molecule has 2 rings (SSSR count). The van der Waals surface area contributed by atoms with E-state index in [2.05, 4.69) is 25.3 Å². The molecular weight excluding hydrogens is 307 g/mol. The Labute approximate surface area is 121 Å². The maximum Gasteiger partial charge on any atom is 0.433 e. The van der Waals surface area contributed by atoms with Crippen LogP contribution in [-0.2, 0) is 6.18 Å². The summed E-state index contributed by atoms with van der Waals surface area (Å²) in [6.45, 7) is 2.10. The van der Waals surface area contributed by atoms with E-state index in [4.69, 9.17) is 0 Å². The molecule has 0 fully saturated rings. The van der Waals surface area contributed by atoms with Crippen LogP contribution < -0.4 is 10.9 Å². The van der Waals surface area contributed by atoms with Crippen LogP contribution in [0.1, 0.15) is 12.6 Å². The highest BCUT2D eigenvalue weighted by molar-refractivity contribution is 7.99. The zero-order chi connectivity index (χ0) is 15.5. The van der Waals surface area contributed by atoms with E-state index in [9.17, 15) is 18.0 Å². The first kappa shape index (κ1) is 15.3. The molecule has 2 aromatic rings. The highest BCUT2D eigenvalue weighted by atomic mass is 32.2. The number of H-pyrrole nitrogens is 1. The van der Waals surface area contributed by atoms with Gasteiger partial charge in [-0.05, 0) is 18.7 Å². The topological polar surface area (TPSA) is 83.6 Å². The molecule has 6 nitrogen and oxygen atoms in total. The van der Waals surface area contributed by atoms with Crippen molar-refractivity contribution in [2.24, 2.45) is 0 Å². The Kier molecular flexibility index (Phi) is 4.46. The minimum Gasteiger partial charge on any atom is -0.354 e. The van der Waals surface area contributed by atoms with Gasteiger partial charge >= 0.3 is 6.18 Å². The van der Waals surface area contributed by atoms with E-state index < -0.39 is 17.4 Å². The van der Waals surface area contributed by atoms with Crippen LogP contribution in [0.15, 0.2) is 33.3 Å². The summed E-state index contributed by atoms with van der Waals surface area (Å²) in [6.07, 6.45) is -3.32. The van der Waals surface area contributed by atoms with Crippen LogP contribution in [0.4, 0.5) is 19.1 Å². The van der Waals surface area contributed by atoms with Crippen molar-refractivity contribution in [3.8, 4) is 0 Å². The minimum absolute atomic E-state index is 0.0302. The highest BCUT2D eigenvalue weighted by Crippen LogP contribution is 2.32. The fourth-order valence-corrected chi connectivity index (χ4v) is 2.13. The summed E-state index contributed by atoms with van der Waals surface area (Å²) in [7, 11) is 0. The van der Waals surface area contributed by atoms with Gasteiger partial charge in [0.25, 0.3) is 5.56 Å². The predicted octanol–water partition coefficient (Wildman–Crippen LogP) is 2.16. The van der Waals surface area contributed by atoms with Gasteiger partial charge < -0.3 is 10.3 Å². The minimum atomic E-state index is -4.58. The van der Waals surface area contributed by atoms with Crippen molar-refractivity contribution in [2.75, 3.05) is 11.9 Å². The van der Waals surface area contributed by atoms with Crippen molar-refractivity contribution < 1.29 is 13.2 Å². The monoisotopic (exact) mass is 317 g/mol. The third-order valence-electron chi connectivity index (χ3n) is 2.18. The van der Waals surface area contributed by atoms with Gasteiger partial charge in [-0.15, -0.1) is 0 Å². The summed E-state index contributed by atoms with van der Waals surface area (Å²) in [5.41, 5.74) is -1.46. The quantitative estimate of drug-likeness (QED) is 0.664. The summed E-state index contributed by atoms with van der Waals surface area (Å²) in [4.78, 5) is 24.7. The molecule has 0 spiro atoms. The molecule has 2 heterocycles. The fourth-order valence-electron chi connectivity index (χ4n) is 1.36. The van der Waals surface area contributed by atoms with Crippen LogP contribution in [0, 0.1) is 0 Å². The molecule has 21 heavy (non-hydrogen) atoms. The van der Waals surface area contributed by atoms with Gasteiger partial charge in [0.15, 0.2) is 10.9 Å². The number of alkyl halides is 3. The van der Waals surface area contributed by atoms with Gasteiger partial charge in [-0.2, -0.15) is 13.2 Å². The molecule has 0 bridgehead atoms. The second kappa shape index (κ2) is 6.12. The van der Waals surface area contributed by atoms with Crippen LogP contribution in [0.5, 0.6) is 0 Å². The van der Waals surface area contributed by atoms with Crippen LogP contribution >= 0.6 is 11.8 Å². The Morgan fingerprint density at radius 2 is 2.14 bits per heavy atom. The lowest BCUT2D eigenvalue weighted by molar-refractivity contribution is -0.141. The zero-order valence-electron chi connectivity index (χ0n) is 10.7. The number of anilines is 1.